The topological polar surface area (TPSA) is 142 Å². The lowest BCUT2D eigenvalue weighted by molar-refractivity contribution is -0.140. The molecule has 0 bridgehead atoms. The van der Waals surface area contributed by atoms with Crippen LogP contribution in [0.1, 0.15) is 33.7 Å². The zero-order chi connectivity index (χ0) is 27.8. The number of hydrogen-bond acceptors (Lipinski definition) is 5. The van der Waals surface area contributed by atoms with E-state index < -0.39 is 17.9 Å². The van der Waals surface area contributed by atoms with Crippen molar-refractivity contribution in [3.63, 3.8) is 0 Å². The Morgan fingerprint density at radius 1 is 0.769 bits per heavy atom. The fourth-order valence-electron chi connectivity index (χ4n) is 4.58. The van der Waals surface area contributed by atoms with Crippen molar-refractivity contribution in [1.29, 1.82) is 0 Å². The molecule has 0 radical (unpaired) electrons. The summed E-state index contributed by atoms with van der Waals surface area (Å²) in [6, 6.07) is 31.1. The first kappa shape index (κ1) is 26.9. The number of nitrogens with zero attached hydrogens (tertiary/aromatic N) is 2. The lowest BCUT2D eigenvalue weighted by atomic mass is 9.88. The largest absolute Gasteiger partial charge is 0.508 e. The fraction of sp³-hybridized carbons (Fsp3) is 0.129. The number of benzene rings is 4. The lowest BCUT2D eigenvalue weighted by Crippen LogP contribution is -2.50. The molecule has 4 aromatic carbocycles. The molecule has 0 aliphatic rings. The zero-order valence-electron chi connectivity index (χ0n) is 21.2. The van der Waals surface area contributed by atoms with E-state index in [2.05, 4.69) is 5.16 Å². The summed E-state index contributed by atoms with van der Waals surface area (Å²) < 4.78 is 0. The van der Waals surface area contributed by atoms with Gasteiger partial charge in [0.15, 0.2) is 5.84 Å². The second-order valence-corrected chi connectivity index (χ2v) is 9.19. The van der Waals surface area contributed by atoms with Crippen LogP contribution in [0.4, 0.5) is 0 Å². The molecule has 0 saturated heterocycles. The highest BCUT2D eigenvalue weighted by Crippen LogP contribution is 2.29. The van der Waals surface area contributed by atoms with Crippen molar-refractivity contribution in [2.24, 2.45) is 16.6 Å². The minimum absolute atomic E-state index is 0.0716. The average Bonchev–Trinajstić information content (AvgIpc) is 2.96. The van der Waals surface area contributed by atoms with Gasteiger partial charge in [-0.05, 0) is 40.5 Å². The van der Waals surface area contributed by atoms with Crippen LogP contribution in [-0.2, 0) is 22.6 Å². The smallest absolute Gasteiger partial charge is 0.240 e. The Labute approximate surface area is 226 Å². The first-order valence-electron chi connectivity index (χ1n) is 12.4. The molecule has 0 aliphatic carbocycles. The van der Waals surface area contributed by atoms with Gasteiger partial charge >= 0.3 is 0 Å². The van der Waals surface area contributed by atoms with E-state index in [0.717, 1.165) is 16.7 Å². The second kappa shape index (κ2) is 12.4. The maximum atomic E-state index is 14.5. The number of aromatic hydroxyl groups is 1. The van der Waals surface area contributed by atoms with Crippen molar-refractivity contribution >= 4 is 17.6 Å². The predicted octanol–water partition coefficient (Wildman–Crippen LogP) is 3.74. The van der Waals surface area contributed by atoms with Crippen molar-refractivity contribution in [2.75, 3.05) is 0 Å². The van der Waals surface area contributed by atoms with Crippen molar-refractivity contribution < 1.29 is 19.9 Å². The molecule has 0 saturated carbocycles. The molecule has 0 spiro atoms. The third kappa shape index (κ3) is 6.61. The Bertz CT molecular complexity index is 1400. The third-order valence-electron chi connectivity index (χ3n) is 6.55. The van der Waals surface area contributed by atoms with Crippen molar-refractivity contribution in [3.8, 4) is 5.75 Å². The van der Waals surface area contributed by atoms with E-state index in [1.54, 1.807) is 36.4 Å². The Morgan fingerprint density at radius 2 is 1.36 bits per heavy atom. The molecule has 0 aromatic heterocycles. The highest BCUT2D eigenvalue weighted by atomic mass is 16.4. The highest BCUT2D eigenvalue weighted by molar-refractivity contribution is 5.97. The van der Waals surface area contributed by atoms with E-state index in [1.807, 2.05) is 60.7 Å². The molecular formula is C31H30N4O4. The molecule has 6 N–H and O–H groups in total. The molecule has 2 amide bonds. The minimum atomic E-state index is -1.01. The molecular weight excluding hydrogens is 492 g/mol. The van der Waals surface area contributed by atoms with Gasteiger partial charge in [-0.25, -0.2) is 0 Å². The number of carbonyl (C=O) groups is 2. The van der Waals surface area contributed by atoms with E-state index in [1.165, 1.54) is 17.0 Å². The van der Waals surface area contributed by atoms with Crippen LogP contribution < -0.4 is 11.5 Å². The molecule has 0 heterocycles. The summed E-state index contributed by atoms with van der Waals surface area (Å²) in [5.74, 6) is -1.63. The van der Waals surface area contributed by atoms with Crippen molar-refractivity contribution in [2.45, 2.75) is 24.9 Å². The minimum Gasteiger partial charge on any atom is -0.508 e. The van der Waals surface area contributed by atoms with Gasteiger partial charge in [-0.3, -0.25) is 9.59 Å². The van der Waals surface area contributed by atoms with Crippen LogP contribution in [0.5, 0.6) is 5.75 Å². The van der Waals surface area contributed by atoms with E-state index >= 15 is 0 Å². The summed E-state index contributed by atoms with van der Waals surface area (Å²) in [5.41, 5.74) is 15.1. The monoisotopic (exact) mass is 522 g/mol. The molecule has 0 fully saturated rings. The maximum absolute atomic E-state index is 14.5. The van der Waals surface area contributed by atoms with E-state index in [0.29, 0.717) is 11.1 Å². The van der Waals surface area contributed by atoms with E-state index in [4.69, 9.17) is 16.7 Å². The number of hydrogen-bond donors (Lipinski definition) is 4. The van der Waals surface area contributed by atoms with E-state index in [9.17, 15) is 14.7 Å². The summed E-state index contributed by atoms with van der Waals surface area (Å²) in [7, 11) is 0. The van der Waals surface area contributed by atoms with Crippen LogP contribution >= 0.6 is 0 Å². The summed E-state index contributed by atoms with van der Waals surface area (Å²) in [6.07, 6.45) is 0.113. The Morgan fingerprint density at radius 3 is 1.90 bits per heavy atom. The Balaban J connectivity index is 1.79. The van der Waals surface area contributed by atoms with Crippen molar-refractivity contribution in [3.05, 3.63) is 137 Å². The normalized spacial score (nSPS) is 12.2. The number of oxime groups is 1. The number of rotatable bonds is 10. The fourth-order valence-corrected chi connectivity index (χ4v) is 4.58. The van der Waals surface area contributed by atoms with E-state index in [-0.39, 0.29) is 30.5 Å². The van der Waals surface area contributed by atoms with Crippen LogP contribution in [0.3, 0.4) is 0 Å². The highest BCUT2D eigenvalue weighted by Gasteiger charge is 2.34. The summed E-state index contributed by atoms with van der Waals surface area (Å²) in [5, 5.41) is 21.9. The zero-order valence-corrected chi connectivity index (χ0v) is 21.2. The molecule has 0 unspecified atom stereocenters. The molecule has 4 aromatic rings. The molecule has 1 atom stereocenters. The molecule has 4 rings (SSSR count). The average molecular weight is 523 g/mol. The number of carbonyl (C=O) groups excluding carboxylic acids is 2. The lowest BCUT2D eigenvalue weighted by Gasteiger charge is -2.33. The maximum Gasteiger partial charge on any atom is 0.240 e. The SMILES string of the molecule is NC(=O)[C@@H](Cc1cccc(C(N)=NO)c1)N(Cc1ccc(O)cc1)C(=O)C(c1ccccc1)c1ccccc1. The number of nitrogens with two attached hydrogens (primary N) is 2. The first-order chi connectivity index (χ1) is 18.9. The number of phenols is 1. The van der Waals surface area contributed by atoms with Gasteiger partial charge in [0.2, 0.25) is 11.8 Å². The number of phenolic OH excluding ortho intramolecular Hbond substituents is 1. The van der Waals surface area contributed by atoms with Crippen LogP contribution in [0, 0.1) is 0 Å². The van der Waals surface area contributed by atoms with Crippen LogP contribution in [-0.4, -0.2) is 38.9 Å². The molecule has 8 heteroatoms. The van der Waals surface area contributed by atoms with Crippen LogP contribution in [0.15, 0.2) is 114 Å². The Hall–Kier alpha value is -5.11. The second-order valence-electron chi connectivity index (χ2n) is 9.19. The molecule has 8 nitrogen and oxygen atoms in total. The molecule has 0 aliphatic heterocycles. The standard InChI is InChI=1S/C31H30N4O4/c32-29(34-39)25-13-7-8-22(18-25)19-27(30(33)37)35(20-21-14-16-26(36)17-15-21)31(38)28(23-9-3-1-4-10-23)24-11-5-2-6-12-24/h1-18,27-28,36,39H,19-20H2,(H2,32,34)(H2,33,37)/t27-/m1/s1. The summed E-state index contributed by atoms with van der Waals surface area (Å²) >= 11 is 0. The summed E-state index contributed by atoms with van der Waals surface area (Å²) in [4.78, 5) is 28.9. The number of amides is 2. The number of primary amides is 1. The van der Waals surface area contributed by atoms with Crippen LogP contribution in [0.25, 0.3) is 0 Å². The van der Waals surface area contributed by atoms with Gasteiger partial charge in [0.25, 0.3) is 0 Å². The predicted molar refractivity (Wildman–Crippen MR) is 149 cm³/mol. The van der Waals surface area contributed by atoms with Crippen LogP contribution in [0.2, 0.25) is 0 Å². The molecule has 39 heavy (non-hydrogen) atoms. The number of amidine groups is 1. The third-order valence-corrected chi connectivity index (χ3v) is 6.55. The van der Waals surface area contributed by atoms with Gasteiger partial charge in [-0.15, -0.1) is 0 Å². The van der Waals surface area contributed by atoms with Gasteiger partial charge in [-0.2, -0.15) is 0 Å². The van der Waals surface area contributed by atoms with Gasteiger partial charge < -0.3 is 26.7 Å². The quantitative estimate of drug-likeness (QED) is 0.109. The summed E-state index contributed by atoms with van der Waals surface area (Å²) in [6.45, 7) is 0.0861. The van der Waals surface area contributed by atoms with Gasteiger partial charge in [-0.1, -0.05) is 96.2 Å². The van der Waals surface area contributed by atoms with Gasteiger partial charge in [0.1, 0.15) is 11.8 Å². The van der Waals surface area contributed by atoms with Crippen molar-refractivity contribution in [1.82, 2.24) is 4.90 Å². The Kier molecular flexibility index (Phi) is 8.58. The molecule has 198 valence electrons. The van der Waals surface area contributed by atoms with Gasteiger partial charge in [0, 0.05) is 18.5 Å². The van der Waals surface area contributed by atoms with Gasteiger partial charge in [0.05, 0.1) is 5.92 Å². The first-order valence-corrected chi connectivity index (χ1v) is 12.4.